The molecule has 0 heterocycles. The standard InChI is InChI=1S/C13H27N3O6/c14-11-13(18)16-2-4-20-6-8-22-10-9-21-7-5-19-3-1-12(15)17/h1-11,14H2,(H2,15,17)(H,16,18). The summed E-state index contributed by atoms with van der Waals surface area (Å²) in [7, 11) is 0. The van der Waals surface area contributed by atoms with E-state index in [4.69, 9.17) is 30.4 Å². The third kappa shape index (κ3) is 16.8. The Hall–Kier alpha value is -1.26. The lowest BCUT2D eigenvalue weighted by molar-refractivity contribution is -0.120. The maximum atomic E-state index is 10.8. The fraction of sp³-hybridized carbons (Fsp3) is 0.846. The van der Waals surface area contributed by atoms with Crippen molar-refractivity contribution in [3.8, 4) is 0 Å². The molecule has 0 unspecified atom stereocenters. The minimum Gasteiger partial charge on any atom is -0.379 e. The number of hydrogen-bond acceptors (Lipinski definition) is 7. The van der Waals surface area contributed by atoms with E-state index in [1.165, 1.54) is 0 Å². The van der Waals surface area contributed by atoms with Crippen molar-refractivity contribution in [3.05, 3.63) is 0 Å². The van der Waals surface area contributed by atoms with E-state index in [0.717, 1.165) is 0 Å². The van der Waals surface area contributed by atoms with Crippen molar-refractivity contribution in [2.45, 2.75) is 6.42 Å². The third-order valence-corrected chi connectivity index (χ3v) is 2.36. The van der Waals surface area contributed by atoms with Gasteiger partial charge in [0, 0.05) is 13.0 Å². The second-order valence-corrected chi connectivity index (χ2v) is 4.22. The van der Waals surface area contributed by atoms with Gasteiger partial charge in [0.25, 0.3) is 0 Å². The Labute approximate surface area is 130 Å². The van der Waals surface area contributed by atoms with Gasteiger partial charge in [-0.15, -0.1) is 0 Å². The van der Waals surface area contributed by atoms with Crippen molar-refractivity contribution in [3.63, 3.8) is 0 Å². The maximum Gasteiger partial charge on any atom is 0.233 e. The summed E-state index contributed by atoms with van der Waals surface area (Å²) in [6.45, 7) is 3.88. The molecule has 0 aliphatic heterocycles. The highest BCUT2D eigenvalue weighted by atomic mass is 16.6. The molecule has 9 heteroatoms. The SMILES string of the molecule is NCC(=O)NCCOCCOCCOCCOCCC(N)=O. The molecule has 22 heavy (non-hydrogen) atoms. The largest absolute Gasteiger partial charge is 0.379 e. The van der Waals surface area contributed by atoms with E-state index in [2.05, 4.69) is 5.32 Å². The molecule has 9 nitrogen and oxygen atoms in total. The summed E-state index contributed by atoms with van der Waals surface area (Å²) in [5.74, 6) is -0.575. The van der Waals surface area contributed by atoms with Crippen molar-refractivity contribution in [2.24, 2.45) is 11.5 Å². The Bertz CT molecular complexity index is 291. The van der Waals surface area contributed by atoms with Crippen LogP contribution in [0.4, 0.5) is 0 Å². The smallest absolute Gasteiger partial charge is 0.233 e. The Morgan fingerprint density at radius 3 is 1.68 bits per heavy atom. The molecule has 0 fully saturated rings. The van der Waals surface area contributed by atoms with Gasteiger partial charge in [-0.3, -0.25) is 9.59 Å². The topological polar surface area (TPSA) is 135 Å². The summed E-state index contributed by atoms with van der Waals surface area (Å²) in [5.41, 5.74) is 10.1. The second kappa shape index (κ2) is 16.1. The van der Waals surface area contributed by atoms with E-state index < -0.39 is 0 Å². The number of carbonyl (C=O) groups excluding carboxylic acids is 2. The number of carbonyl (C=O) groups is 2. The van der Waals surface area contributed by atoms with Gasteiger partial charge in [-0.1, -0.05) is 0 Å². The summed E-state index contributed by atoms with van der Waals surface area (Å²) >= 11 is 0. The lowest BCUT2D eigenvalue weighted by Gasteiger charge is -2.07. The molecular formula is C13H27N3O6. The van der Waals surface area contributed by atoms with E-state index in [-0.39, 0.29) is 24.8 Å². The van der Waals surface area contributed by atoms with Crippen LogP contribution in [-0.4, -0.2) is 77.8 Å². The number of nitrogens with one attached hydrogen (secondary N) is 1. The Morgan fingerprint density at radius 2 is 1.23 bits per heavy atom. The highest BCUT2D eigenvalue weighted by molar-refractivity contribution is 5.77. The Morgan fingerprint density at radius 1 is 0.773 bits per heavy atom. The molecule has 0 aromatic carbocycles. The summed E-state index contributed by atoms with van der Waals surface area (Å²) in [5, 5.41) is 2.59. The minimum atomic E-state index is -0.377. The van der Waals surface area contributed by atoms with Gasteiger partial charge in [0.1, 0.15) is 0 Å². The first-order valence-electron chi connectivity index (χ1n) is 7.23. The monoisotopic (exact) mass is 321 g/mol. The van der Waals surface area contributed by atoms with Crippen LogP contribution in [0.3, 0.4) is 0 Å². The molecule has 0 radical (unpaired) electrons. The van der Waals surface area contributed by atoms with Crippen LogP contribution < -0.4 is 16.8 Å². The number of hydrogen-bond donors (Lipinski definition) is 3. The van der Waals surface area contributed by atoms with E-state index in [1.807, 2.05) is 0 Å². The van der Waals surface area contributed by atoms with Crippen LogP contribution in [0.5, 0.6) is 0 Å². The molecular weight excluding hydrogens is 294 g/mol. The normalized spacial score (nSPS) is 10.6. The fourth-order valence-corrected chi connectivity index (χ4v) is 1.27. The number of rotatable bonds is 16. The highest BCUT2D eigenvalue weighted by Gasteiger charge is 1.96. The first kappa shape index (κ1) is 20.7. The molecule has 0 saturated carbocycles. The molecule has 0 saturated heterocycles. The van der Waals surface area contributed by atoms with Gasteiger partial charge in [0.2, 0.25) is 11.8 Å². The zero-order valence-corrected chi connectivity index (χ0v) is 12.9. The number of nitrogens with two attached hydrogens (primary N) is 2. The lowest BCUT2D eigenvalue weighted by atomic mass is 10.4. The van der Waals surface area contributed by atoms with Crippen LogP contribution in [0.2, 0.25) is 0 Å². The van der Waals surface area contributed by atoms with Crippen LogP contribution in [0.1, 0.15) is 6.42 Å². The minimum absolute atomic E-state index is 0.0146. The van der Waals surface area contributed by atoms with Crippen LogP contribution in [0.25, 0.3) is 0 Å². The summed E-state index contributed by atoms with van der Waals surface area (Å²) in [6.07, 6.45) is 0.221. The molecule has 0 aliphatic carbocycles. The van der Waals surface area contributed by atoms with Crippen LogP contribution in [0, 0.1) is 0 Å². The van der Waals surface area contributed by atoms with Gasteiger partial charge in [-0.25, -0.2) is 0 Å². The van der Waals surface area contributed by atoms with Gasteiger partial charge >= 0.3 is 0 Å². The summed E-state index contributed by atoms with van der Waals surface area (Å²) < 4.78 is 20.9. The van der Waals surface area contributed by atoms with E-state index in [9.17, 15) is 9.59 Å². The molecule has 0 bridgehead atoms. The molecule has 0 rings (SSSR count). The van der Waals surface area contributed by atoms with Crippen molar-refractivity contribution in [2.75, 3.05) is 65.9 Å². The average molecular weight is 321 g/mol. The lowest BCUT2D eigenvalue weighted by Crippen LogP contribution is -2.32. The van der Waals surface area contributed by atoms with Gasteiger partial charge in [0.15, 0.2) is 0 Å². The van der Waals surface area contributed by atoms with E-state index in [0.29, 0.717) is 59.4 Å². The van der Waals surface area contributed by atoms with E-state index >= 15 is 0 Å². The molecule has 0 spiro atoms. The van der Waals surface area contributed by atoms with Crippen molar-refractivity contribution in [1.82, 2.24) is 5.32 Å². The first-order valence-corrected chi connectivity index (χ1v) is 7.23. The second-order valence-electron chi connectivity index (χ2n) is 4.22. The van der Waals surface area contributed by atoms with Crippen LogP contribution in [-0.2, 0) is 28.5 Å². The number of ether oxygens (including phenoxy) is 4. The van der Waals surface area contributed by atoms with Crippen molar-refractivity contribution >= 4 is 11.8 Å². The van der Waals surface area contributed by atoms with Crippen molar-refractivity contribution < 1.29 is 28.5 Å². The molecule has 0 aromatic rings. The predicted molar refractivity (Wildman–Crippen MR) is 79.2 cm³/mol. The molecule has 0 aromatic heterocycles. The molecule has 130 valence electrons. The van der Waals surface area contributed by atoms with Crippen LogP contribution >= 0.6 is 0 Å². The molecule has 0 aliphatic rings. The molecule has 2 amide bonds. The Kier molecular flexibility index (Phi) is 15.2. The quantitative estimate of drug-likeness (QED) is 0.280. The van der Waals surface area contributed by atoms with Gasteiger partial charge < -0.3 is 35.7 Å². The molecule has 0 atom stereocenters. The van der Waals surface area contributed by atoms with Crippen molar-refractivity contribution in [1.29, 1.82) is 0 Å². The van der Waals surface area contributed by atoms with E-state index in [1.54, 1.807) is 0 Å². The highest BCUT2D eigenvalue weighted by Crippen LogP contribution is 1.84. The zero-order chi connectivity index (χ0) is 16.5. The van der Waals surface area contributed by atoms with Gasteiger partial charge in [0.05, 0.1) is 59.4 Å². The van der Waals surface area contributed by atoms with Gasteiger partial charge in [-0.2, -0.15) is 0 Å². The Balaban J connectivity index is 3.02. The molecule has 5 N–H and O–H groups in total. The maximum absolute atomic E-state index is 10.8. The third-order valence-electron chi connectivity index (χ3n) is 2.36. The summed E-state index contributed by atoms with van der Waals surface area (Å²) in [6, 6.07) is 0. The number of primary amides is 1. The number of amides is 2. The summed E-state index contributed by atoms with van der Waals surface area (Å²) in [4.78, 5) is 21.2. The fourth-order valence-electron chi connectivity index (χ4n) is 1.27. The predicted octanol–water partition coefficient (Wildman–Crippen LogP) is -2.00. The average Bonchev–Trinajstić information content (AvgIpc) is 2.50. The first-order chi connectivity index (χ1) is 10.7. The van der Waals surface area contributed by atoms with Gasteiger partial charge in [-0.05, 0) is 0 Å². The van der Waals surface area contributed by atoms with Crippen LogP contribution in [0.15, 0.2) is 0 Å². The zero-order valence-electron chi connectivity index (χ0n) is 12.9.